The van der Waals surface area contributed by atoms with Gasteiger partial charge in [0.05, 0.1) is 13.3 Å². The van der Waals surface area contributed by atoms with Crippen LogP contribution in [0.1, 0.15) is 22.8 Å². The Balaban J connectivity index is 0.00000312. The fourth-order valence-corrected chi connectivity index (χ4v) is 2.09. The molecule has 0 spiro atoms. The Morgan fingerprint density at radius 3 is 2.62 bits per heavy atom. The molecule has 1 heterocycles. The highest BCUT2D eigenvalue weighted by Crippen LogP contribution is 2.28. The second-order valence-electron chi connectivity index (χ2n) is 5.58. The summed E-state index contributed by atoms with van der Waals surface area (Å²) in [6, 6.07) is 5.35. The zero-order chi connectivity index (χ0) is 17.5. The number of methoxy groups -OCH3 is 1. The van der Waals surface area contributed by atoms with E-state index in [4.69, 9.17) is 9.47 Å². The van der Waals surface area contributed by atoms with Crippen LogP contribution in [0.3, 0.4) is 0 Å². The lowest BCUT2D eigenvalue weighted by molar-refractivity contribution is 0.0950. The van der Waals surface area contributed by atoms with Crippen LogP contribution in [0.25, 0.3) is 0 Å². The van der Waals surface area contributed by atoms with E-state index in [-0.39, 0.29) is 36.8 Å². The number of aryl methyl sites for hydroxylation is 1. The van der Waals surface area contributed by atoms with Gasteiger partial charge in [0, 0.05) is 37.0 Å². The van der Waals surface area contributed by atoms with E-state index in [1.165, 1.54) is 0 Å². The average molecular weight is 405 g/mol. The number of likely N-dealkylation sites (N-methyl/N-ethyl adjacent to an activating group) is 1. The number of nitrogens with zero attached hydrogens (tertiary/aromatic N) is 2. The third-order valence-corrected chi connectivity index (χ3v) is 3.64. The number of carbonyl (C=O) groups is 1. The van der Waals surface area contributed by atoms with Gasteiger partial charge in [-0.15, -0.1) is 24.8 Å². The molecule has 146 valence electrons. The van der Waals surface area contributed by atoms with Crippen molar-refractivity contribution in [1.29, 1.82) is 0 Å². The minimum atomic E-state index is -0.144. The van der Waals surface area contributed by atoms with E-state index in [9.17, 15) is 4.79 Å². The Labute approximate surface area is 166 Å². The van der Waals surface area contributed by atoms with E-state index < -0.39 is 0 Å². The van der Waals surface area contributed by atoms with Crippen LogP contribution in [0.5, 0.6) is 11.5 Å². The van der Waals surface area contributed by atoms with Gasteiger partial charge in [0.15, 0.2) is 11.5 Å². The second-order valence-corrected chi connectivity index (χ2v) is 5.58. The van der Waals surface area contributed by atoms with Crippen LogP contribution < -0.4 is 20.1 Å². The highest BCUT2D eigenvalue weighted by atomic mass is 35.5. The molecule has 0 aliphatic carbocycles. The topological polar surface area (TPSA) is 77.4 Å². The third-order valence-electron chi connectivity index (χ3n) is 3.64. The number of aromatic nitrogens is 2. The quantitative estimate of drug-likeness (QED) is 0.704. The molecular weight excluding hydrogens is 379 g/mol. The standard InChI is InChI=1S/C17H24N4O3.2ClH/c1-12(18-2)8-19-17(22)14-5-6-15(16(7-14)23-4)24-11-13-9-20-21(3)10-13;;/h5-7,9-10,12,18H,8,11H2,1-4H3,(H,19,22);2*1H. The number of rotatable bonds is 8. The van der Waals surface area contributed by atoms with Crippen LogP contribution in [0.4, 0.5) is 0 Å². The Hall–Kier alpha value is -1.96. The Kier molecular flexibility index (Phi) is 10.7. The summed E-state index contributed by atoms with van der Waals surface area (Å²) in [6.07, 6.45) is 3.63. The maximum absolute atomic E-state index is 12.2. The molecule has 0 aliphatic heterocycles. The van der Waals surface area contributed by atoms with E-state index >= 15 is 0 Å². The third kappa shape index (κ3) is 6.74. The van der Waals surface area contributed by atoms with Crippen LogP contribution >= 0.6 is 24.8 Å². The number of nitrogens with one attached hydrogen (secondary N) is 2. The van der Waals surface area contributed by atoms with Crippen molar-refractivity contribution in [3.05, 3.63) is 41.7 Å². The van der Waals surface area contributed by atoms with Gasteiger partial charge in [0.1, 0.15) is 6.61 Å². The molecule has 0 radical (unpaired) electrons. The minimum absolute atomic E-state index is 0. The van der Waals surface area contributed by atoms with E-state index in [2.05, 4.69) is 15.7 Å². The van der Waals surface area contributed by atoms with E-state index in [0.29, 0.717) is 30.2 Å². The smallest absolute Gasteiger partial charge is 0.251 e. The van der Waals surface area contributed by atoms with E-state index in [1.807, 2.05) is 27.2 Å². The maximum atomic E-state index is 12.2. The van der Waals surface area contributed by atoms with Crippen LogP contribution in [-0.2, 0) is 13.7 Å². The fourth-order valence-electron chi connectivity index (χ4n) is 2.09. The monoisotopic (exact) mass is 404 g/mol. The molecule has 0 fully saturated rings. The predicted molar refractivity (Wildman–Crippen MR) is 106 cm³/mol. The SMILES string of the molecule is CNC(C)CNC(=O)c1ccc(OCc2cnn(C)c2)c(OC)c1.Cl.Cl. The first kappa shape index (κ1) is 24.0. The summed E-state index contributed by atoms with van der Waals surface area (Å²) >= 11 is 0. The molecule has 0 saturated heterocycles. The fraction of sp³-hybridized carbons (Fsp3) is 0.412. The summed E-state index contributed by atoms with van der Waals surface area (Å²) in [5.74, 6) is 0.962. The molecule has 1 aromatic heterocycles. The van der Waals surface area contributed by atoms with Gasteiger partial charge in [-0.3, -0.25) is 9.48 Å². The van der Waals surface area contributed by atoms with Gasteiger partial charge in [0.25, 0.3) is 5.91 Å². The molecule has 7 nitrogen and oxygen atoms in total. The number of benzene rings is 1. The van der Waals surface area contributed by atoms with Gasteiger partial charge >= 0.3 is 0 Å². The van der Waals surface area contributed by atoms with Crippen molar-refractivity contribution in [3.63, 3.8) is 0 Å². The van der Waals surface area contributed by atoms with Gasteiger partial charge < -0.3 is 20.1 Å². The van der Waals surface area contributed by atoms with Crippen LogP contribution in [-0.4, -0.2) is 42.4 Å². The number of carbonyl (C=O) groups excluding carboxylic acids is 1. The van der Waals surface area contributed by atoms with Crippen LogP contribution in [0, 0.1) is 0 Å². The molecule has 0 saturated carbocycles. The Morgan fingerprint density at radius 2 is 2.04 bits per heavy atom. The molecule has 1 aromatic carbocycles. The van der Waals surface area contributed by atoms with Crippen molar-refractivity contribution < 1.29 is 14.3 Å². The first-order valence-electron chi connectivity index (χ1n) is 7.77. The molecule has 0 aliphatic rings. The average Bonchev–Trinajstić information content (AvgIpc) is 3.02. The van der Waals surface area contributed by atoms with E-state index in [1.54, 1.807) is 36.2 Å². The Bertz CT molecular complexity index is 694. The Morgan fingerprint density at radius 1 is 1.31 bits per heavy atom. The molecule has 9 heteroatoms. The molecule has 2 N–H and O–H groups in total. The van der Waals surface area contributed by atoms with Crippen molar-refractivity contribution in [2.75, 3.05) is 20.7 Å². The lowest BCUT2D eigenvalue weighted by Gasteiger charge is -2.13. The summed E-state index contributed by atoms with van der Waals surface area (Å²) < 4.78 is 12.8. The lowest BCUT2D eigenvalue weighted by atomic mass is 10.2. The van der Waals surface area contributed by atoms with Gasteiger partial charge in [-0.05, 0) is 32.2 Å². The van der Waals surface area contributed by atoms with Crippen molar-refractivity contribution >= 4 is 30.7 Å². The molecule has 2 rings (SSSR count). The molecular formula is C17H26Cl2N4O3. The summed E-state index contributed by atoms with van der Waals surface area (Å²) in [4.78, 5) is 12.2. The van der Waals surface area contributed by atoms with Gasteiger partial charge in [-0.25, -0.2) is 0 Å². The number of halogens is 2. The van der Waals surface area contributed by atoms with Crippen LogP contribution in [0.15, 0.2) is 30.6 Å². The number of amides is 1. The molecule has 0 bridgehead atoms. The predicted octanol–water partition coefficient (Wildman–Crippen LogP) is 2.19. The normalized spacial score (nSPS) is 10.9. The summed E-state index contributed by atoms with van der Waals surface area (Å²) in [7, 11) is 5.26. The van der Waals surface area contributed by atoms with Gasteiger partial charge in [-0.2, -0.15) is 5.10 Å². The van der Waals surface area contributed by atoms with Crippen molar-refractivity contribution in [1.82, 2.24) is 20.4 Å². The lowest BCUT2D eigenvalue weighted by Crippen LogP contribution is -2.37. The van der Waals surface area contributed by atoms with Crippen molar-refractivity contribution in [2.45, 2.75) is 19.6 Å². The highest BCUT2D eigenvalue weighted by molar-refractivity contribution is 5.94. The zero-order valence-electron chi connectivity index (χ0n) is 15.3. The van der Waals surface area contributed by atoms with Gasteiger partial charge in [-0.1, -0.05) is 0 Å². The van der Waals surface area contributed by atoms with Gasteiger partial charge in [0.2, 0.25) is 0 Å². The van der Waals surface area contributed by atoms with Crippen molar-refractivity contribution in [3.8, 4) is 11.5 Å². The zero-order valence-corrected chi connectivity index (χ0v) is 16.9. The largest absolute Gasteiger partial charge is 0.493 e. The minimum Gasteiger partial charge on any atom is -0.493 e. The summed E-state index contributed by atoms with van der Waals surface area (Å²) in [5.41, 5.74) is 1.49. The molecule has 1 amide bonds. The molecule has 1 unspecified atom stereocenters. The molecule has 2 aromatic rings. The van der Waals surface area contributed by atoms with Crippen molar-refractivity contribution in [2.24, 2.45) is 7.05 Å². The number of hydrogen-bond donors (Lipinski definition) is 2. The summed E-state index contributed by atoms with van der Waals surface area (Å²) in [5, 5.41) is 10.0. The first-order valence-corrected chi connectivity index (χ1v) is 7.77. The molecule has 26 heavy (non-hydrogen) atoms. The molecule has 1 atom stereocenters. The number of ether oxygens (including phenoxy) is 2. The second kappa shape index (κ2) is 11.6. The van der Waals surface area contributed by atoms with Crippen LogP contribution in [0.2, 0.25) is 0 Å². The van der Waals surface area contributed by atoms with E-state index in [0.717, 1.165) is 5.56 Å². The first-order chi connectivity index (χ1) is 11.5. The maximum Gasteiger partial charge on any atom is 0.251 e. The highest BCUT2D eigenvalue weighted by Gasteiger charge is 2.12. The number of hydrogen-bond acceptors (Lipinski definition) is 5. The summed E-state index contributed by atoms with van der Waals surface area (Å²) in [6.45, 7) is 2.93.